The van der Waals surface area contributed by atoms with E-state index in [4.69, 9.17) is 32.7 Å². The van der Waals surface area contributed by atoms with Gasteiger partial charge in [0.25, 0.3) is 0 Å². The summed E-state index contributed by atoms with van der Waals surface area (Å²) in [7, 11) is 1.39. The van der Waals surface area contributed by atoms with Crippen LogP contribution in [0.4, 0.5) is 4.79 Å². The minimum Gasteiger partial charge on any atom is -0.496 e. The van der Waals surface area contributed by atoms with Gasteiger partial charge in [0.1, 0.15) is 12.4 Å². The van der Waals surface area contributed by atoms with E-state index >= 15 is 0 Å². The van der Waals surface area contributed by atoms with Crippen LogP contribution in [-0.2, 0) is 11.3 Å². The molecule has 9 heteroatoms. The Balaban J connectivity index is 2.21. The Labute approximate surface area is 160 Å². The molecule has 0 fully saturated rings. The van der Waals surface area contributed by atoms with Crippen molar-refractivity contribution in [3.8, 4) is 5.75 Å². The zero-order valence-electron chi connectivity index (χ0n) is 13.7. The maximum absolute atomic E-state index is 12.2. The molecule has 2 aromatic carbocycles. The Morgan fingerprint density at radius 1 is 1.19 bits per heavy atom. The number of benzene rings is 2. The number of rotatable bonds is 7. The van der Waals surface area contributed by atoms with Crippen molar-refractivity contribution in [1.82, 2.24) is 5.32 Å². The van der Waals surface area contributed by atoms with E-state index in [1.807, 2.05) is 6.07 Å². The van der Waals surface area contributed by atoms with Crippen LogP contribution in [0.1, 0.15) is 17.2 Å². The molecular weight excluding hydrogens is 383 g/mol. The van der Waals surface area contributed by atoms with E-state index in [0.717, 1.165) is 5.56 Å². The van der Waals surface area contributed by atoms with E-state index in [0.29, 0.717) is 0 Å². The standard InChI is InChI=1S/C17H16Cl2N2O5/c1-25-14-10-6-5-9-13(14)15(17(18,19)21(23)24)20-16(22)26-11-12-7-3-2-4-8-12/h2-10,15H,11H2,1H3,(H,20,22). The first-order valence-electron chi connectivity index (χ1n) is 7.48. The number of hydrogen-bond donors (Lipinski definition) is 1. The van der Waals surface area contributed by atoms with Crippen molar-refractivity contribution in [2.45, 2.75) is 17.1 Å². The summed E-state index contributed by atoms with van der Waals surface area (Å²) in [6, 6.07) is 13.9. The second-order valence-corrected chi connectivity index (χ2v) is 6.57. The number of amides is 1. The fourth-order valence-electron chi connectivity index (χ4n) is 2.24. The highest BCUT2D eigenvalue weighted by Crippen LogP contribution is 2.40. The van der Waals surface area contributed by atoms with E-state index in [-0.39, 0.29) is 17.9 Å². The van der Waals surface area contributed by atoms with Crippen molar-refractivity contribution in [1.29, 1.82) is 0 Å². The van der Waals surface area contributed by atoms with Gasteiger partial charge in [0.05, 0.1) is 12.0 Å². The third kappa shape index (κ3) is 4.77. The lowest BCUT2D eigenvalue weighted by Crippen LogP contribution is -2.44. The van der Waals surface area contributed by atoms with E-state index in [1.165, 1.54) is 13.2 Å². The molecule has 0 spiro atoms. The molecule has 0 saturated carbocycles. The van der Waals surface area contributed by atoms with E-state index in [2.05, 4.69) is 5.32 Å². The summed E-state index contributed by atoms with van der Waals surface area (Å²) < 4.78 is 7.75. The topological polar surface area (TPSA) is 90.7 Å². The van der Waals surface area contributed by atoms with Gasteiger partial charge < -0.3 is 14.8 Å². The van der Waals surface area contributed by atoms with Crippen molar-refractivity contribution < 1.29 is 19.2 Å². The molecule has 0 saturated heterocycles. The summed E-state index contributed by atoms with van der Waals surface area (Å²) in [4.78, 5) is 22.6. The molecule has 0 aliphatic carbocycles. The number of halogens is 2. The lowest BCUT2D eigenvalue weighted by molar-refractivity contribution is -0.521. The molecule has 0 bridgehead atoms. The monoisotopic (exact) mass is 398 g/mol. The van der Waals surface area contributed by atoms with Gasteiger partial charge in [-0.15, -0.1) is 0 Å². The first-order chi connectivity index (χ1) is 12.4. The minimum absolute atomic E-state index is 0.0125. The zero-order chi connectivity index (χ0) is 19.2. The largest absolute Gasteiger partial charge is 0.496 e. The summed E-state index contributed by atoms with van der Waals surface area (Å²) in [6.07, 6.45) is -0.905. The normalized spacial score (nSPS) is 12.1. The van der Waals surface area contributed by atoms with Gasteiger partial charge in [0.15, 0.2) is 6.04 Å². The molecule has 0 aliphatic heterocycles. The van der Waals surface area contributed by atoms with Crippen LogP contribution in [0.15, 0.2) is 54.6 Å². The Morgan fingerprint density at radius 3 is 2.42 bits per heavy atom. The number of methoxy groups -OCH3 is 1. The molecule has 0 aromatic heterocycles. The fraction of sp³-hybridized carbons (Fsp3) is 0.235. The van der Waals surface area contributed by atoms with E-state index in [1.54, 1.807) is 42.5 Å². The second-order valence-electron chi connectivity index (χ2n) is 5.23. The van der Waals surface area contributed by atoms with Crippen LogP contribution in [-0.4, -0.2) is 22.6 Å². The molecule has 7 nitrogen and oxygen atoms in total. The Bertz CT molecular complexity index is 771. The smallest absolute Gasteiger partial charge is 0.408 e. The van der Waals surface area contributed by atoms with Crippen LogP contribution < -0.4 is 10.1 Å². The molecule has 2 rings (SSSR count). The fourth-order valence-corrected chi connectivity index (χ4v) is 2.59. The van der Waals surface area contributed by atoms with Crippen LogP contribution >= 0.6 is 23.2 Å². The van der Waals surface area contributed by atoms with Gasteiger partial charge in [-0.3, -0.25) is 10.1 Å². The predicted octanol–water partition coefficient (Wildman–Crippen LogP) is 4.07. The maximum atomic E-state index is 12.2. The van der Waals surface area contributed by atoms with Crippen LogP contribution in [0.5, 0.6) is 5.75 Å². The highest BCUT2D eigenvalue weighted by molar-refractivity contribution is 6.47. The SMILES string of the molecule is COc1ccccc1C(NC(=O)OCc1ccccc1)C(Cl)(Cl)[N+](=O)[O-]. The number of alkyl carbamates (subject to hydrolysis) is 1. The molecule has 0 heterocycles. The molecule has 0 radical (unpaired) electrons. The molecule has 1 unspecified atom stereocenters. The highest BCUT2D eigenvalue weighted by Gasteiger charge is 2.50. The second kappa shape index (κ2) is 8.73. The average molecular weight is 399 g/mol. The minimum atomic E-state index is -2.53. The molecule has 1 atom stereocenters. The number of carbonyl (C=O) groups is 1. The number of hydrogen-bond acceptors (Lipinski definition) is 5. The number of ether oxygens (including phenoxy) is 2. The molecular formula is C17H16Cl2N2O5. The zero-order valence-corrected chi connectivity index (χ0v) is 15.2. The lowest BCUT2D eigenvalue weighted by atomic mass is 10.1. The summed E-state index contributed by atoms with van der Waals surface area (Å²) in [5, 5.41) is 13.7. The first kappa shape index (κ1) is 19.8. The quantitative estimate of drug-likeness (QED) is 0.328. The van der Waals surface area contributed by atoms with Crippen molar-refractivity contribution in [2.75, 3.05) is 7.11 Å². The first-order valence-corrected chi connectivity index (χ1v) is 8.24. The van der Waals surface area contributed by atoms with Gasteiger partial charge >= 0.3 is 10.6 Å². The van der Waals surface area contributed by atoms with E-state index < -0.39 is 21.5 Å². The molecule has 2 aromatic rings. The van der Waals surface area contributed by atoms with Crippen LogP contribution in [0.25, 0.3) is 0 Å². The van der Waals surface area contributed by atoms with Crippen LogP contribution in [0, 0.1) is 10.1 Å². The van der Waals surface area contributed by atoms with Crippen molar-refractivity contribution in [3.63, 3.8) is 0 Å². The summed E-state index contributed by atoms with van der Waals surface area (Å²) in [5.74, 6) is 0.286. The van der Waals surface area contributed by atoms with Gasteiger partial charge in [-0.05, 0) is 34.8 Å². The van der Waals surface area contributed by atoms with E-state index in [9.17, 15) is 14.9 Å². The summed E-state index contributed by atoms with van der Waals surface area (Å²) in [6.45, 7) is -0.0125. The highest BCUT2D eigenvalue weighted by atomic mass is 35.5. The van der Waals surface area contributed by atoms with Gasteiger partial charge in [-0.25, -0.2) is 4.79 Å². The molecule has 138 valence electrons. The third-order valence-electron chi connectivity index (χ3n) is 3.52. The van der Waals surface area contributed by atoms with Crippen LogP contribution in [0.2, 0.25) is 0 Å². The number of nitrogens with one attached hydrogen (secondary N) is 1. The van der Waals surface area contributed by atoms with Gasteiger partial charge in [-0.1, -0.05) is 48.5 Å². The lowest BCUT2D eigenvalue weighted by Gasteiger charge is -2.25. The van der Waals surface area contributed by atoms with Crippen LogP contribution in [0.3, 0.4) is 0 Å². The number of carbonyl (C=O) groups excluding carboxylic acids is 1. The van der Waals surface area contributed by atoms with Gasteiger partial charge in [-0.2, -0.15) is 0 Å². The van der Waals surface area contributed by atoms with Gasteiger partial charge in [0.2, 0.25) is 0 Å². The molecule has 1 N–H and O–H groups in total. The number of nitrogens with zero attached hydrogens (tertiary/aromatic N) is 1. The van der Waals surface area contributed by atoms with Crippen molar-refractivity contribution in [3.05, 3.63) is 75.8 Å². The van der Waals surface area contributed by atoms with Crippen molar-refractivity contribution >= 4 is 29.3 Å². The number of nitro groups is 1. The summed E-state index contributed by atoms with van der Waals surface area (Å²) >= 11 is 11.8. The Hall–Kier alpha value is -2.51. The number of para-hydroxylation sites is 1. The Morgan fingerprint density at radius 2 is 1.81 bits per heavy atom. The predicted molar refractivity (Wildman–Crippen MR) is 96.9 cm³/mol. The summed E-state index contributed by atoms with van der Waals surface area (Å²) in [5.41, 5.74) is 1.00. The third-order valence-corrected chi connectivity index (χ3v) is 4.23. The van der Waals surface area contributed by atoms with Crippen molar-refractivity contribution in [2.24, 2.45) is 0 Å². The average Bonchev–Trinajstić information content (AvgIpc) is 2.65. The maximum Gasteiger partial charge on any atom is 0.408 e. The molecule has 26 heavy (non-hydrogen) atoms. The number of alkyl halides is 2. The van der Waals surface area contributed by atoms with Gasteiger partial charge in [0, 0.05) is 5.56 Å². The molecule has 1 amide bonds. The molecule has 0 aliphatic rings. The Kier molecular flexibility index (Phi) is 6.65.